The Hall–Kier alpha value is -1.66. The van der Waals surface area contributed by atoms with Crippen molar-refractivity contribution in [3.8, 4) is 0 Å². The minimum absolute atomic E-state index is 0.0110. The fourth-order valence-electron chi connectivity index (χ4n) is 6.45. The third kappa shape index (κ3) is 33.3. The van der Waals surface area contributed by atoms with E-state index in [0.29, 0.717) is 17.3 Å². The van der Waals surface area contributed by atoms with Gasteiger partial charge in [0.25, 0.3) is 0 Å². The standard InChI is InChI=1S/C43H82NO5/c1-6-9-11-13-15-17-19-21-23-25-27-29-31-33-35-37-41(45)48-43(47,40-44(4,5)39-8-3)49-42(46)38-36-34-32-30-28-26-24-22-20-18-16-14-12-10-7-2/h21-24,47H,6-20,25-40H2,1-5H3/q+1/b23-21-,24-22-. The Labute approximate surface area is 304 Å². The molecular weight excluding hydrogens is 610 g/mol. The van der Waals surface area contributed by atoms with Crippen molar-refractivity contribution in [2.45, 2.75) is 213 Å². The van der Waals surface area contributed by atoms with Gasteiger partial charge in [-0.25, -0.2) is 0 Å². The number of allylic oxidation sites excluding steroid dienone is 4. The van der Waals surface area contributed by atoms with Gasteiger partial charge in [0.15, 0.2) is 6.54 Å². The molecule has 0 aliphatic rings. The van der Waals surface area contributed by atoms with Crippen LogP contribution in [0.1, 0.15) is 207 Å². The van der Waals surface area contributed by atoms with E-state index in [1.54, 1.807) is 0 Å². The number of rotatable bonds is 36. The van der Waals surface area contributed by atoms with Crippen LogP contribution in [0.3, 0.4) is 0 Å². The monoisotopic (exact) mass is 693 g/mol. The molecule has 6 heteroatoms. The van der Waals surface area contributed by atoms with E-state index < -0.39 is 17.9 Å². The lowest BCUT2D eigenvalue weighted by atomic mass is 10.1. The van der Waals surface area contributed by atoms with Crippen molar-refractivity contribution in [3.63, 3.8) is 0 Å². The first-order valence-electron chi connectivity index (χ1n) is 21.0. The topological polar surface area (TPSA) is 72.8 Å². The summed E-state index contributed by atoms with van der Waals surface area (Å²) < 4.78 is 11.3. The maximum atomic E-state index is 12.7. The summed E-state index contributed by atoms with van der Waals surface area (Å²) in [4.78, 5) is 25.5. The van der Waals surface area contributed by atoms with Gasteiger partial charge >= 0.3 is 17.9 Å². The van der Waals surface area contributed by atoms with Gasteiger partial charge in [-0.05, 0) is 70.6 Å². The fourth-order valence-corrected chi connectivity index (χ4v) is 6.45. The number of quaternary nitrogens is 1. The largest absolute Gasteiger partial charge is 0.426 e. The summed E-state index contributed by atoms with van der Waals surface area (Å²) in [5.41, 5.74) is 0. The number of nitrogens with zero attached hydrogens (tertiary/aromatic N) is 1. The third-order valence-electron chi connectivity index (χ3n) is 9.29. The van der Waals surface area contributed by atoms with E-state index in [1.165, 1.54) is 103 Å². The molecule has 0 spiro atoms. The van der Waals surface area contributed by atoms with E-state index in [2.05, 4.69) is 45.1 Å². The molecule has 0 rings (SSSR count). The molecule has 49 heavy (non-hydrogen) atoms. The number of carbonyl (C=O) groups is 2. The number of esters is 2. The average molecular weight is 693 g/mol. The van der Waals surface area contributed by atoms with Gasteiger partial charge in [0, 0.05) is 12.8 Å². The lowest BCUT2D eigenvalue weighted by Crippen LogP contribution is -2.56. The Morgan fingerprint density at radius 1 is 0.490 bits per heavy atom. The minimum Gasteiger partial charge on any atom is -0.394 e. The Bertz CT molecular complexity index is 767. The molecule has 6 nitrogen and oxygen atoms in total. The van der Waals surface area contributed by atoms with Gasteiger partial charge in [0.1, 0.15) is 0 Å². The maximum absolute atomic E-state index is 12.7. The first-order chi connectivity index (χ1) is 23.7. The second-order valence-corrected chi connectivity index (χ2v) is 15.1. The molecule has 0 aliphatic heterocycles. The molecule has 0 heterocycles. The van der Waals surface area contributed by atoms with Crippen LogP contribution in [-0.4, -0.2) is 54.7 Å². The average Bonchev–Trinajstić information content (AvgIpc) is 3.04. The molecule has 0 atom stereocenters. The highest BCUT2D eigenvalue weighted by Gasteiger charge is 2.43. The highest BCUT2D eigenvalue weighted by atomic mass is 16.8. The molecule has 0 saturated heterocycles. The lowest BCUT2D eigenvalue weighted by Gasteiger charge is -2.36. The van der Waals surface area contributed by atoms with Gasteiger partial charge in [0.2, 0.25) is 0 Å². The summed E-state index contributed by atoms with van der Waals surface area (Å²) in [6.45, 7) is 7.36. The van der Waals surface area contributed by atoms with Gasteiger partial charge in [0.05, 0.1) is 20.6 Å². The molecule has 0 aromatic rings. The van der Waals surface area contributed by atoms with Gasteiger partial charge in [-0.15, -0.1) is 0 Å². The van der Waals surface area contributed by atoms with Crippen LogP contribution in [0.2, 0.25) is 0 Å². The van der Waals surface area contributed by atoms with Crippen LogP contribution in [0.4, 0.5) is 0 Å². The quantitative estimate of drug-likeness (QED) is 0.0233. The number of carbonyl (C=O) groups excluding carboxylic acids is 2. The molecule has 0 unspecified atom stereocenters. The molecule has 0 aliphatic carbocycles. The van der Waals surface area contributed by atoms with Crippen LogP contribution in [-0.2, 0) is 19.1 Å². The summed E-state index contributed by atoms with van der Waals surface area (Å²) in [5, 5.41) is 11.3. The zero-order valence-electron chi connectivity index (χ0n) is 33.3. The van der Waals surface area contributed by atoms with Crippen molar-refractivity contribution in [2.24, 2.45) is 0 Å². The van der Waals surface area contributed by atoms with Crippen molar-refractivity contribution >= 4 is 11.9 Å². The first-order valence-corrected chi connectivity index (χ1v) is 21.0. The molecule has 288 valence electrons. The van der Waals surface area contributed by atoms with Crippen molar-refractivity contribution in [1.82, 2.24) is 0 Å². The first kappa shape index (κ1) is 47.3. The van der Waals surface area contributed by atoms with Crippen LogP contribution in [0.25, 0.3) is 0 Å². The molecule has 0 bridgehead atoms. The van der Waals surface area contributed by atoms with Crippen molar-refractivity contribution in [1.29, 1.82) is 0 Å². The molecule has 0 amide bonds. The van der Waals surface area contributed by atoms with Crippen LogP contribution < -0.4 is 0 Å². The Morgan fingerprint density at radius 3 is 1.12 bits per heavy atom. The second kappa shape index (κ2) is 33.5. The predicted molar refractivity (Wildman–Crippen MR) is 208 cm³/mol. The van der Waals surface area contributed by atoms with Crippen LogP contribution >= 0.6 is 0 Å². The highest BCUT2D eigenvalue weighted by Crippen LogP contribution is 2.20. The van der Waals surface area contributed by atoms with Gasteiger partial charge < -0.3 is 19.1 Å². The van der Waals surface area contributed by atoms with E-state index in [1.807, 2.05) is 14.1 Å². The Kier molecular flexibility index (Phi) is 32.3. The molecule has 0 saturated carbocycles. The van der Waals surface area contributed by atoms with Crippen molar-refractivity contribution < 1.29 is 28.7 Å². The zero-order valence-corrected chi connectivity index (χ0v) is 33.3. The zero-order chi connectivity index (χ0) is 36.3. The molecule has 0 fully saturated rings. The number of hydrogen-bond donors (Lipinski definition) is 1. The Morgan fingerprint density at radius 2 is 0.796 bits per heavy atom. The van der Waals surface area contributed by atoms with Crippen molar-refractivity contribution in [2.75, 3.05) is 27.2 Å². The molecular formula is C43H82NO5+. The van der Waals surface area contributed by atoms with E-state index in [0.717, 1.165) is 64.3 Å². The van der Waals surface area contributed by atoms with Crippen LogP contribution in [0.15, 0.2) is 24.3 Å². The number of unbranched alkanes of at least 4 members (excludes halogenated alkanes) is 22. The lowest BCUT2D eigenvalue weighted by molar-refractivity contribution is -0.904. The SMILES string of the molecule is CCCCCCCC/C=C\CCCCCCCC(=O)OC(O)(C[N+](C)(C)CCC)OC(=O)CCCCCCC/C=C\CCCCCCCC. The predicted octanol–water partition coefficient (Wildman–Crippen LogP) is 12.3. The molecule has 0 aromatic carbocycles. The molecule has 0 aromatic heterocycles. The normalized spacial score (nSPS) is 12.4. The number of aliphatic hydroxyl groups is 1. The smallest absolute Gasteiger partial charge is 0.394 e. The van der Waals surface area contributed by atoms with E-state index in [4.69, 9.17) is 9.47 Å². The van der Waals surface area contributed by atoms with Gasteiger partial charge in [-0.2, -0.15) is 0 Å². The van der Waals surface area contributed by atoms with Crippen LogP contribution in [0.5, 0.6) is 0 Å². The summed E-state index contributed by atoms with van der Waals surface area (Å²) in [6, 6.07) is 0. The van der Waals surface area contributed by atoms with Crippen LogP contribution in [0, 0.1) is 0 Å². The number of hydrogen-bond acceptors (Lipinski definition) is 5. The summed E-state index contributed by atoms with van der Waals surface area (Å²) in [6.07, 6.45) is 41.5. The molecule has 1 N–H and O–H groups in total. The van der Waals surface area contributed by atoms with E-state index in [-0.39, 0.29) is 19.4 Å². The fraction of sp³-hybridized carbons (Fsp3) is 0.860. The van der Waals surface area contributed by atoms with Crippen molar-refractivity contribution in [3.05, 3.63) is 24.3 Å². The Balaban J connectivity index is 4.25. The van der Waals surface area contributed by atoms with Gasteiger partial charge in [-0.3, -0.25) is 9.59 Å². The van der Waals surface area contributed by atoms with Gasteiger partial charge in [-0.1, -0.05) is 148 Å². The highest BCUT2D eigenvalue weighted by molar-refractivity contribution is 5.71. The molecule has 0 radical (unpaired) electrons. The van der Waals surface area contributed by atoms with E-state index in [9.17, 15) is 14.7 Å². The number of likely N-dealkylation sites (N-methyl/N-ethyl adjacent to an activating group) is 1. The summed E-state index contributed by atoms with van der Waals surface area (Å²) in [5.74, 6) is -3.26. The van der Waals surface area contributed by atoms with E-state index >= 15 is 0 Å². The second-order valence-electron chi connectivity index (χ2n) is 15.1. The third-order valence-corrected chi connectivity index (χ3v) is 9.29. The summed E-state index contributed by atoms with van der Waals surface area (Å²) in [7, 11) is 3.90. The minimum atomic E-state index is -2.24. The number of ether oxygens (including phenoxy) is 2. The summed E-state index contributed by atoms with van der Waals surface area (Å²) >= 11 is 0. The maximum Gasteiger partial charge on any atom is 0.426 e.